The number of thiazole rings is 1. The van der Waals surface area contributed by atoms with Gasteiger partial charge in [-0.25, -0.2) is 4.98 Å². The van der Waals surface area contributed by atoms with Gasteiger partial charge in [-0.2, -0.15) is 0 Å². The number of aromatic nitrogens is 1. The molecule has 4 heteroatoms. The van der Waals surface area contributed by atoms with Gasteiger partial charge in [-0.1, -0.05) is 13.0 Å². The fourth-order valence-electron chi connectivity index (χ4n) is 2.79. The number of nitrogens with one attached hydrogen (secondary N) is 1. The highest BCUT2D eigenvalue weighted by atomic mass is 32.1. The number of ether oxygens (including phenoxy) is 1. The van der Waals surface area contributed by atoms with Crippen molar-refractivity contribution in [3.63, 3.8) is 0 Å². The van der Waals surface area contributed by atoms with Crippen LogP contribution in [0.3, 0.4) is 0 Å². The van der Waals surface area contributed by atoms with Gasteiger partial charge in [-0.05, 0) is 43.0 Å². The lowest BCUT2D eigenvalue weighted by Crippen LogP contribution is -2.31. The maximum atomic E-state index is 5.13. The molecule has 3 nitrogen and oxygen atoms in total. The first-order chi connectivity index (χ1) is 9.76. The van der Waals surface area contributed by atoms with Gasteiger partial charge in [-0.3, -0.25) is 0 Å². The number of piperidine rings is 1. The summed E-state index contributed by atoms with van der Waals surface area (Å²) in [7, 11) is 1.74. The van der Waals surface area contributed by atoms with E-state index in [0.717, 1.165) is 31.0 Å². The molecule has 0 radical (unpaired) electrons. The number of fused-ring (bicyclic) bond motifs is 1. The van der Waals surface area contributed by atoms with Gasteiger partial charge in [0, 0.05) is 19.6 Å². The molecular formula is C16H22N2OS. The molecule has 1 aliphatic heterocycles. The number of hydrogen-bond acceptors (Lipinski definition) is 4. The first-order valence-corrected chi connectivity index (χ1v) is 8.19. The third kappa shape index (κ3) is 3.03. The third-order valence-corrected chi connectivity index (χ3v) is 5.14. The van der Waals surface area contributed by atoms with Crippen LogP contribution in [0.15, 0.2) is 18.2 Å². The summed E-state index contributed by atoms with van der Waals surface area (Å²) in [6, 6.07) is 7.24. The van der Waals surface area contributed by atoms with Gasteiger partial charge >= 0.3 is 0 Å². The molecule has 1 saturated heterocycles. The Labute approximate surface area is 124 Å². The van der Waals surface area contributed by atoms with Gasteiger partial charge in [0.25, 0.3) is 0 Å². The number of nitrogens with zero attached hydrogens (tertiary/aromatic N) is 1. The molecule has 1 fully saturated rings. The quantitative estimate of drug-likeness (QED) is 0.935. The normalized spacial score (nSPS) is 23.3. The van der Waals surface area contributed by atoms with E-state index in [2.05, 4.69) is 30.4 Å². The van der Waals surface area contributed by atoms with Crippen LogP contribution in [0.4, 0.5) is 0 Å². The number of hydrogen-bond donors (Lipinski definition) is 1. The summed E-state index contributed by atoms with van der Waals surface area (Å²) in [5.74, 6) is 0.801. The second-order valence-electron chi connectivity index (χ2n) is 5.72. The van der Waals surface area contributed by atoms with Crippen molar-refractivity contribution in [1.82, 2.24) is 10.3 Å². The Morgan fingerprint density at radius 2 is 2.30 bits per heavy atom. The molecule has 0 unspecified atom stereocenters. The zero-order valence-electron chi connectivity index (χ0n) is 12.2. The second-order valence-corrected chi connectivity index (χ2v) is 6.84. The Bertz CT molecular complexity index is 573. The van der Waals surface area contributed by atoms with Crippen LogP contribution in [0.2, 0.25) is 0 Å². The van der Waals surface area contributed by atoms with Crippen LogP contribution in [-0.4, -0.2) is 25.2 Å². The van der Waals surface area contributed by atoms with Crippen molar-refractivity contribution < 1.29 is 4.74 Å². The van der Waals surface area contributed by atoms with Gasteiger partial charge in [-0.15, -0.1) is 11.3 Å². The first kappa shape index (κ1) is 14.0. The van der Waals surface area contributed by atoms with Crippen molar-refractivity contribution >= 4 is 21.6 Å². The van der Waals surface area contributed by atoms with E-state index in [9.17, 15) is 0 Å². The van der Waals surface area contributed by atoms with Crippen LogP contribution in [0.5, 0.6) is 0 Å². The first-order valence-electron chi connectivity index (χ1n) is 7.38. The van der Waals surface area contributed by atoms with Gasteiger partial charge in [0.05, 0.1) is 21.8 Å². The van der Waals surface area contributed by atoms with E-state index in [0.29, 0.717) is 6.04 Å². The van der Waals surface area contributed by atoms with Crippen molar-refractivity contribution in [2.24, 2.45) is 5.92 Å². The maximum Gasteiger partial charge on any atom is 0.0961 e. The lowest BCUT2D eigenvalue weighted by molar-refractivity contribution is 0.202. The number of benzene rings is 1. The van der Waals surface area contributed by atoms with E-state index < -0.39 is 0 Å². The van der Waals surface area contributed by atoms with Crippen molar-refractivity contribution in [3.05, 3.63) is 28.8 Å². The number of rotatable bonds is 4. The minimum absolute atomic E-state index is 0.500. The highest BCUT2D eigenvalue weighted by Crippen LogP contribution is 2.30. The van der Waals surface area contributed by atoms with E-state index >= 15 is 0 Å². The Hall–Kier alpha value is -0.970. The Morgan fingerprint density at radius 3 is 3.05 bits per heavy atom. The molecule has 2 atom stereocenters. The largest absolute Gasteiger partial charge is 0.384 e. The van der Waals surface area contributed by atoms with Crippen molar-refractivity contribution in [2.75, 3.05) is 20.3 Å². The molecule has 0 saturated carbocycles. The zero-order chi connectivity index (χ0) is 13.9. The van der Waals surface area contributed by atoms with E-state index in [4.69, 9.17) is 9.72 Å². The SMILES string of the molecule is COCCc1nc2cc([C@@H]3CC[C@@H](C)CN3)ccc2s1. The monoisotopic (exact) mass is 290 g/mol. The molecule has 2 aromatic rings. The number of methoxy groups -OCH3 is 1. The summed E-state index contributed by atoms with van der Waals surface area (Å²) in [6.07, 6.45) is 3.45. The predicted octanol–water partition coefficient (Wildman–Crippen LogP) is 3.55. The fraction of sp³-hybridized carbons (Fsp3) is 0.562. The summed E-state index contributed by atoms with van der Waals surface area (Å²) < 4.78 is 6.41. The van der Waals surface area contributed by atoms with E-state index in [1.54, 1.807) is 18.4 Å². The standard InChI is InChI=1S/C16H22N2OS/c1-11-3-5-13(17-10-11)12-4-6-15-14(9-12)18-16(20-15)7-8-19-2/h4,6,9,11,13,17H,3,5,7-8,10H2,1-2H3/t11-,13+/m1/s1. The summed E-state index contributed by atoms with van der Waals surface area (Å²) in [6.45, 7) is 4.18. The molecule has 108 valence electrons. The minimum Gasteiger partial charge on any atom is -0.384 e. The molecule has 2 heterocycles. The predicted molar refractivity (Wildman–Crippen MR) is 84.3 cm³/mol. The van der Waals surface area contributed by atoms with Gasteiger partial charge in [0.2, 0.25) is 0 Å². The van der Waals surface area contributed by atoms with Crippen molar-refractivity contribution in [1.29, 1.82) is 0 Å². The van der Waals surface area contributed by atoms with Gasteiger partial charge < -0.3 is 10.1 Å². The highest BCUT2D eigenvalue weighted by Gasteiger charge is 2.19. The summed E-state index contributed by atoms with van der Waals surface area (Å²) in [4.78, 5) is 4.73. The Balaban J connectivity index is 1.79. The van der Waals surface area contributed by atoms with Crippen molar-refractivity contribution in [3.8, 4) is 0 Å². The van der Waals surface area contributed by atoms with E-state index in [1.165, 1.54) is 28.1 Å². The van der Waals surface area contributed by atoms with E-state index in [1.807, 2.05) is 0 Å². The van der Waals surface area contributed by atoms with Gasteiger partial charge in [0.15, 0.2) is 0 Å². The molecule has 0 spiro atoms. The molecule has 0 bridgehead atoms. The van der Waals surface area contributed by atoms with Crippen LogP contribution >= 0.6 is 11.3 Å². The minimum atomic E-state index is 0.500. The molecule has 1 N–H and O–H groups in total. The Kier molecular flexibility index (Phi) is 4.34. The smallest absolute Gasteiger partial charge is 0.0961 e. The average molecular weight is 290 g/mol. The summed E-state index contributed by atoms with van der Waals surface area (Å²) >= 11 is 1.78. The van der Waals surface area contributed by atoms with Crippen LogP contribution in [-0.2, 0) is 11.2 Å². The maximum absolute atomic E-state index is 5.13. The topological polar surface area (TPSA) is 34.1 Å². The molecule has 1 aliphatic rings. The Morgan fingerprint density at radius 1 is 1.40 bits per heavy atom. The molecule has 1 aromatic carbocycles. The molecule has 0 amide bonds. The zero-order valence-corrected chi connectivity index (χ0v) is 13.0. The molecule has 20 heavy (non-hydrogen) atoms. The second kappa shape index (κ2) is 6.20. The molecular weight excluding hydrogens is 268 g/mol. The molecule has 0 aliphatic carbocycles. The third-order valence-electron chi connectivity index (χ3n) is 4.04. The highest BCUT2D eigenvalue weighted by molar-refractivity contribution is 7.18. The van der Waals surface area contributed by atoms with E-state index in [-0.39, 0.29) is 0 Å². The lowest BCUT2D eigenvalue weighted by atomic mass is 9.92. The van der Waals surface area contributed by atoms with Gasteiger partial charge in [0.1, 0.15) is 0 Å². The fourth-order valence-corrected chi connectivity index (χ4v) is 3.72. The van der Waals surface area contributed by atoms with Crippen LogP contribution in [0, 0.1) is 5.92 Å². The average Bonchev–Trinajstić information content (AvgIpc) is 2.87. The van der Waals surface area contributed by atoms with Crippen LogP contribution in [0.1, 0.15) is 36.4 Å². The molecule has 1 aromatic heterocycles. The van der Waals surface area contributed by atoms with Crippen molar-refractivity contribution in [2.45, 2.75) is 32.2 Å². The lowest BCUT2D eigenvalue weighted by Gasteiger charge is -2.28. The summed E-state index contributed by atoms with van der Waals surface area (Å²) in [5.41, 5.74) is 2.52. The van der Waals surface area contributed by atoms with Crippen LogP contribution in [0.25, 0.3) is 10.2 Å². The van der Waals surface area contributed by atoms with Crippen LogP contribution < -0.4 is 5.32 Å². The molecule has 3 rings (SSSR count). The summed E-state index contributed by atoms with van der Waals surface area (Å²) in [5, 5.41) is 4.82.